The lowest BCUT2D eigenvalue weighted by molar-refractivity contribution is 0.0878. The number of urea groups is 1. The highest BCUT2D eigenvalue weighted by atomic mass is 35.5. The molecule has 0 unspecified atom stereocenters. The third-order valence-electron chi connectivity index (χ3n) is 3.72. The van der Waals surface area contributed by atoms with Gasteiger partial charge in [-0.2, -0.15) is 0 Å². The molecule has 1 aliphatic rings. The Morgan fingerprint density at radius 3 is 2.36 bits per heavy atom. The van der Waals surface area contributed by atoms with Crippen molar-refractivity contribution in [1.29, 1.82) is 0 Å². The van der Waals surface area contributed by atoms with Crippen molar-refractivity contribution in [2.24, 2.45) is 0 Å². The Hall–Kier alpha value is -1.59. The Labute approximate surface area is 136 Å². The Balaban J connectivity index is 1.78. The number of halogens is 1. The van der Waals surface area contributed by atoms with Crippen LogP contribution in [0.4, 0.5) is 4.79 Å². The minimum atomic E-state index is -0.00877. The fourth-order valence-corrected chi connectivity index (χ4v) is 2.51. The summed E-state index contributed by atoms with van der Waals surface area (Å²) >= 11 is 5.82. The summed E-state index contributed by atoms with van der Waals surface area (Å²) in [5.41, 5.74) is 0.674. The number of nitrogens with zero attached hydrogens (tertiary/aromatic N) is 2. The summed E-state index contributed by atoms with van der Waals surface area (Å²) in [6, 6.07) is 6.94. The number of Topliss-reactive ketones (excluding diaryl/α,β-unsaturated/α-hetero) is 1. The number of rotatable bonds is 5. The molecule has 1 N–H and O–H groups in total. The summed E-state index contributed by atoms with van der Waals surface area (Å²) in [6.45, 7) is 5.87. The minimum absolute atomic E-state index is 0.00877. The van der Waals surface area contributed by atoms with Gasteiger partial charge in [0.2, 0.25) is 0 Å². The zero-order valence-electron chi connectivity index (χ0n) is 12.8. The summed E-state index contributed by atoms with van der Waals surface area (Å²) in [4.78, 5) is 27.9. The second-order valence-corrected chi connectivity index (χ2v) is 5.86. The summed E-state index contributed by atoms with van der Waals surface area (Å²) in [6.07, 6.45) is 0.932. The van der Waals surface area contributed by atoms with E-state index in [2.05, 4.69) is 10.2 Å². The van der Waals surface area contributed by atoms with Crippen molar-refractivity contribution in [2.75, 3.05) is 39.3 Å². The number of amides is 2. The van der Waals surface area contributed by atoms with Gasteiger partial charge in [-0.05, 0) is 30.7 Å². The number of carbonyl (C=O) groups excluding carboxylic acids is 2. The number of ketones is 1. The molecule has 0 spiro atoms. The van der Waals surface area contributed by atoms with Crippen LogP contribution in [0.3, 0.4) is 0 Å². The van der Waals surface area contributed by atoms with E-state index in [1.54, 1.807) is 29.2 Å². The molecule has 22 heavy (non-hydrogen) atoms. The van der Waals surface area contributed by atoms with Gasteiger partial charge in [0.1, 0.15) is 0 Å². The molecule has 2 rings (SSSR count). The van der Waals surface area contributed by atoms with E-state index in [1.165, 1.54) is 0 Å². The van der Waals surface area contributed by atoms with E-state index in [1.807, 2.05) is 6.92 Å². The van der Waals surface area contributed by atoms with Crippen molar-refractivity contribution in [1.82, 2.24) is 15.1 Å². The lowest BCUT2D eigenvalue weighted by Crippen LogP contribution is -2.52. The first-order chi connectivity index (χ1) is 10.6. The monoisotopic (exact) mass is 323 g/mol. The lowest BCUT2D eigenvalue weighted by atomic mass is 10.1. The molecule has 0 bridgehead atoms. The van der Waals surface area contributed by atoms with Crippen LogP contribution in [0.15, 0.2) is 24.3 Å². The first kappa shape index (κ1) is 16.8. The Morgan fingerprint density at radius 1 is 1.14 bits per heavy atom. The Bertz CT molecular complexity index is 511. The quantitative estimate of drug-likeness (QED) is 0.846. The van der Waals surface area contributed by atoms with Crippen molar-refractivity contribution in [2.45, 2.75) is 13.3 Å². The highest BCUT2D eigenvalue weighted by Crippen LogP contribution is 2.11. The SMILES string of the molecule is CCCNC(=O)N1CCN(CC(=O)c2ccc(Cl)cc2)CC1. The summed E-state index contributed by atoms with van der Waals surface area (Å²) < 4.78 is 0. The zero-order chi connectivity index (χ0) is 15.9. The van der Waals surface area contributed by atoms with E-state index < -0.39 is 0 Å². The molecule has 2 amide bonds. The van der Waals surface area contributed by atoms with Crippen LogP contribution in [0.5, 0.6) is 0 Å². The van der Waals surface area contributed by atoms with Crippen molar-refractivity contribution in [3.05, 3.63) is 34.9 Å². The number of nitrogens with one attached hydrogen (secondary N) is 1. The fourth-order valence-electron chi connectivity index (χ4n) is 2.38. The van der Waals surface area contributed by atoms with Gasteiger partial charge in [-0.1, -0.05) is 18.5 Å². The molecular weight excluding hydrogens is 302 g/mol. The predicted octanol–water partition coefficient (Wildman–Crippen LogP) is 2.26. The molecule has 1 aliphatic heterocycles. The lowest BCUT2D eigenvalue weighted by Gasteiger charge is -2.34. The molecule has 0 aliphatic carbocycles. The first-order valence-corrected chi connectivity index (χ1v) is 8.02. The average Bonchev–Trinajstić information content (AvgIpc) is 2.54. The van der Waals surface area contributed by atoms with Crippen LogP contribution in [-0.4, -0.2) is 60.9 Å². The zero-order valence-corrected chi connectivity index (χ0v) is 13.6. The maximum absolute atomic E-state index is 12.2. The highest BCUT2D eigenvalue weighted by Gasteiger charge is 2.22. The number of hydrogen-bond acceptors (Lipinski definition) is 3. The van der Waals surface area contributed by atoms with Crippen molar-refractivity contribution >= 4 is 23.4 Å². The number of hydrogen-bond donors (Lipinski definition) is 1. The topological polar surface area (TPSA) is 52.7 Å². The molecule has 0 aromatic heterocycles. The maximum atomic E-state index is 12.2. The molecule has 6 heteroatoms. The molecule has 120 valence electrons. The fraction of sp³-hybridized carbons (Fsp3) is 0.500. The molecule has 1 fully saturated rings. The minimum Gasteiger partial charge on any atom is -0.338 e. The van der Waals surface area contributed by atoms with Crippen LogP contribution in [0.1, 0.15) is 23.7 Å². The standard InChI is InChI=1S/C16H22ClN3O2/c1-2-7-18-16(22)20-10-8-19(9-11-20)12-15(21)13-3-5-14(17)6-4-13/h3-6H,2,7-12H2,1H3,(H,18,22). The van der Waals surface area contributed by atoms with Crippen molar-refractivity contribution < 1.29 is 9.59 Å². The first-order valence-electron chi connectivity index (χ1n) is 7.64. The van der Waals surface area contributed by atoms with Crippen molar-refractivity contribution in [3.63, 3.8) is 0 Å². The number of carbonyl (C=O) groups is 2. The van der Waals surface area contributed by atoms with Gasteiger partial charge in [0.15, 0.2) is 5.78 Å². The van der Waals surface area contributed by atoms with Gasteiger partial charge in [-0.3, -0.25) is 9.69 Å². The average molecular weight is 324 g/mol. The van der Waals surface area contributed by atoms with Crippen LogP contribution < -0.4 is 5.32 Å². The van der Waals surface area contributed by atoms with E-state index in [0.29, 0.717) is 36.8 Å². The third-order valence-corrected chi connectivity index (χ3v) is 3.97. The largest absolute Gasteiger partial charge is 0.338 e. The smallest absolute Gasteiger partial charge is 0.317 e. The molecule has 1 saturated heterocycles. The van der Waals surface area contributed by atoms with Gasteiger partial charge in [-0.15, -0.1) is 0 Å². The highest BCUT2D eigenvalue weighted by molar-refractivity contribution is 6.30. The third kappa shape index (κ3) is 4.71. The molecular formula is C16H22ClN3O2. The van der Waals surface area contributed by atoms with E-state index in [0.717, 1.165) is 19.5 Å². The van der Waals surface area contributed by atoms with Gasteiger partial charge in [-0.25, -0.2) is 4.79 Å². The second kappa shape index (κ2) is 8.15. The second-order valence-electron chi connectivity index (χ2n) is 5.43. The van der Waals surface area contributed by atoms with Gasteiger partial charge in [0.25, 0.3) is 0 Å². The normalized spacial score (nSPS) is 15.6. The maximum Gasteiger partial charge on any atom is 0.317 e. The van der Waals surface area contributed by atoms with Crippen LogP contribution in [-0.2, 0) is 0 Å². The summed E-state index contributed by atoms with van der Waals surface area (Å²) in [5.74, 6) is 0.0838. The van der Waals surface area contributed by atoms with Crippen LogP contribution in [0.2, 0.25) is 5.02 Å². The Kier molecular flexibility index (Phi) is 6.21. The van der Waals surface area contributed by atoms with Gasteiger partial charge in [0.05, 0.1) is 6.54 Å². The molecule has 5 nitrogen and oxygen atoms in total. The molecule has 0 atom stereocenters. The number of piperazine rings is 1. The van der Waals surface area contributed by atoms with E-state index >= 15 is 0 Å². The molecule has 1 heterocycles. The number of benzene rings is 1. The molecule has 1 aromatic carbocycles. The van der Waals surface area contributed by atoms with Gasteiger partial charge in [0, 0.05) is 43.3 Å². The predicted molar refractivity (Wildman–Crippen MR) is 87.5 cm³/mol. The van der Waals surface area contributed by atoms with Gasteiger partial charge < -0.3 is 10.2 Å². The van der Waals surface area contributed by atoms with Crippen LogP contribution in [0, 0.1) is 0 Å². The van der Waals surface area contributed by atoms with Crippen LogP contribution in [0.25, 0.3) is 0 Å². The van der Waals surface area contributed by atoms with E-state index in [9.17, 15) is 9.59 Å². The van der Waals surface area contributed by atoms with Crippen molar-refractivity contribution in [3.8, 4) is 0 Å². The molecule has 0 saturated carbocycles. The van der Waals surface area contributed by atoms with Gasteiger partial charge >= 0.3 is 6.03 Å². The van der Waals surface area contributed by atoms with E-state index in [4.69, 9.17) is 11.6 Å². The Morgan fingerprint density at radius 2 is 1.77 bits per heavy atom. The molecule has 0 radical (unpaired) electrons. The van der Waals surface area contributed by atoms with Crippen LogP contribution >= 0.6 is 11.6 Å². The summed E-state index contributed by atoms with van der Waals surface area (Å²) in [5, 5.41) is 3.51. The summed E-state index contributed by atoms with van der Waals surface area (Å²) in [7, 11) is 0. The molecule has 1 aromatic rings. The van der Waals surface area contributed by atoms with E-state index in [-0.39, 0.29) is 11.8 Å².